The molecule has 2 nitrogen and oxygen atoms in total. The topological polar surface area (TPSA) is 34.1 Å². The summed E-state index contributed by atoms with van der Waals surface area (Å²) in [4.78, 5) is 21.9. The first-order valence-electron chi connectivity index (χ1n) is 3.74. The molecule has 0 bridgehead atoms. The van der Waals surface area contributed by atoms with E-state index in [-0.39, 0.29) is 17.5 Å². The molecule has 0 heterocycles. The fraction of sp³-hybridized carbons (Fsp3) is 0.750. The summed E-state index contributed by atoms with van der Waals surface area (Å²) in [6.07, 6.45) is 2.45. The highest BCUT2D eigenvalue weighted by Gasteiger charge is 2.20. The third-order valence-corrected chi connectivity index (χ3v) is 1.96. The van der Waals surface area contributed by atoms with Crippen LogP contribution in [0.4, 0.5) is 0 Å². The van der Waals surface area contributed by atoms with E-state index in [0.29, 0.717) is 19.3 Å². The zero-order valence-corrected chi connectivity index (χ0v) is 6.22. The van der Waals surface area contributed by atoms with E-state index in [0.717, 1.165) is 6.42 Å². The number of carbonyl (C=O) groups is 2. The molecule has 0 aliphatic heterocycles. The molecule has 0 N–H and O–H groups in total. The Bertz CT molecular complexity index is 161. The van der Waals surface area contributed by atoms with Crippen LogP contribution in [0.25, 0.3) is 0 Å². The van der Waals surface area contributed by atoms with E-state index in [2.05, 4.69) is 0 Å². The van der Waals surface area contributed by atoms with Crippen molar-refractivity contribution in [3.8, 4) is 0 Å². The largest absolute Gasteiger partial charge is 0.300 e. The van der Waals surface area contributed by atoms with Gasteiger partial charge in [-0.3, -0.25) is 9.59 Å². The van der Waals surface area contributed by atoms with Gasteiger partial charge in [0.05, 0.1) is 0 Å². The maximum atomic E-state index is 11.0. The van der Waals surface area contributed by atoms with Crippen molar-refractivity contribution in [2.24, 2.45) is 5.92 Å². The quantitative estimate of drug-likeness (QED) is 0.476. The van der Waals surface area contributed by atoms with Gasteiger partial charge in [-0.2, -0.15) is 0 Å². The molecule has 10 heavy (non-hydrogen) atoms. The molecule has 1 atom stereocenters. The van der Waals surface area contributed by atoms with E-state index < -0.39 is 0 Å². The molecule has 1 fully saturated rings. The minimum Gasteiger partial charge on any atom is -0.300 e. The smallest absolute Gasteiger partial charge is 0.136 e. The fourth-order valence-electron chi connectivity index (χ4n) is 1.26. The molecule has 0 aromatic carbocycles. The van der Waals surface area contributed by atoms with Crippen molar-refractivity contribution in [3.05, 3.63) is 0 Å². The Hall–Kier alpha value is -0.660. The van der Waals surface area contributed by atoms with Gasteiger partial charge in [-0.15, -0.1) is 0 Å². The summed E-state index contributed by atoms with van der Waals surface area (Å²) in [5, 5.41) is 0. The van der Waals surface area contributed by atoms with Crippen LogP contribution in [0, 0.1) is 5.92 Å². The van der Waals surface area contributed by atoms with Gasteiger partial charge in [0.15, 0.2) is 0 Å². The van der Waals surface area contributed by atoms with E-state index in [1.165, 1.54) is 0 Å². The van der Waals surface area contributed by atoms with Gasteiger partial charge < -0.3 is 0 Å². The molecule has 1 saturated carbocycles. The van der Waals surface area contributed by atoms with E-state index in [4.69, 9.17) is 0 Å². The molecule has 0 aromatic rings. The van der Waals surface area contributed by atoms with Crippen LogP contribution in [0.2, 0.25) is 0 Å². The van der Waals surface area contributed by atoms with Crippen LogP contribution >= 0.6 is 0 Å². The minimum absolute atomic E-state index is 0.0185. The number of ketones is 2. The second-order valence-corrected chi connectivity index (χ2v) is 2.96. The average Bonchev–Trinajstić information content (AvgIpc) is 1.96. The molecule has 0 saturated heterocycles. The minimum atomic E-state index is -0.0185. The van der Waals surface area contributed by atoms with E-state index >= 15 is 0 Å². The maximum absolute atomic E-state index is 11.0. The molecule has 1 aliphatic rings. The second kappa shape index (κ2) is 2.95. The van der Waals surface area contributed by atoms with Crippen LogP contribution in [0.5, 0.6) is 0 Å². The Morgan fingerprint density at radius 1 is 1.30 bits per heavy atom. The molecule has 0 amide bonds. The van der Waals surface area contributed by atoms with Gasteiger partial charge >= 0.3 is 0 Å². The van der Waals surface area contributed by atoms with Crippen molar-refractivity contribution in [2.75, 3.05) is 0 Å². The lowest BCUT2D eigenvalue weighted by Crippen LogP contribution is -2.10. The number of hydrogen-bond acceptors (Lipinski definition) is 2. The Balaban J connectivity index is 2.57. The Kier molecular flexibility index (Phi) is 2.20. The summed E-state index contributed by atoms with van der Waals surface area (Å²) >= 11 is 0. The normalized spacial score (nSPS) is 28.3. The molecular weight excluding hydrogens is 128 g/mol. The lowest BCUT2D eigenvalue weighted by Gasteiger charge is -2.01. The van der Waals surface area contributed by atoms with Crippen molar-refractivity contribution >= 4 is 11.6 Å². The third-order valence-electron chi connectivity index (χ3n) is 1.96. The highest BCUT2D eigenvalue weighted by Crippen LogP contribution is 2.16. The van der Waals surface area contributed by atoms with Crippen LogP contribution in [0.1, 0.15) is 32.6 Å². The highest BCUT2D eigenvalue weighted by atomic mass is 16.1. The Labute approximate surface area is 60.6 Å². The van der Waals surface area contributed by atoms with Crippen LogP contribution < -0.4 is 0 Å². The number of rotatable bonds is 0. The molecule has 2 heteroatoms. The van der Waals surface area contributed by atoms with Gasteiger partial charge in [-0.1, -0.05) is 6.92 Å². The summed E-state index contributed by atoms with van der Waals surface area (Å²) in [5.74, 6) is 0.485. The molecule has 0 spiro atoms. The fourth-order valence-corrected chi connectivity index (χ4v) is 1.26. The van der Waals surface area contributed by atoms with Crippen LogP contribution in [0.15, 0.2) is 0 Å². The van der Waals surface area contributed by atoms with Crippen molar-refractivity contribution < 1.29 is 9.59 Å². The van der Waals surface area contributed by atoms with Crippen molar-refractivity contribution in [3.63, 3.8) is 0 Å². The monoisotopic (exact) mass is 140 g/mol. The van der Waals surface area contributed by atoms with E-state index in [1.54, 1.807) is 0 Å². The summed E-state index contributed by atoms with van der Waals surface area (Å²) in [5.41, 5.74) is 0. The van der Waals surface area contributed by atoms with Gasteiger partial charge in [-0.25, -0.2) is 0 Å². The van der Waals surface area contributed by atoms with Gasteiger partial charge in [0, 0.05) is 25.2 Å². The standard InChI is InChI=1S/C8H12O2/c1-6-5-7(9)3-2-4-8(6)10/h6H,2-5H2,1H3. The Morgan fingerprint density at radius 3 is 2.70 bits per heavy atom. The SMILES string of the molecule is CC1CC(=O)CCCC1=O. The number of hydrogen-bond donors (Lipinski definition) is 0. The number of carbonyl (C=O) groups excluding carboxylic acids is 2. The van der Waals surface area contributed by atoms with Crippen LogP contribution in [-0.2, 0) is 9.59 Å². The summed E-state index contributed by atoms with van der Waals surface area (Å²) in [6, 6.07) is 0. The zero-order chi connectivity index (χ0) is 7.56. The maximum Gasteiger partial charge on any atom is 0.136 e. The predicted octanol–water partition coefficient (Wildman–Crippen LogP) is 1.33. The van der Waals surface area contributed by atoms with Crippen molar-refractivity contribution in [2.45, 2.75) is 32.6 Å². The lowest BCUT2D eigenvalue weighted by atomic mass is 10.0. The molecule has 1 unspecified atom stereocenters. The molecule has 1 aliphatic carbocycles. The zero-order valence-electron chi connectivity index (χ0n) is 6.22. The van der Waals surface area contributed by atoms with Gasteiger partial charge in [-0.05, 0) is 6.42 Å². The molecule has 0 radical (unpaired) electrons. The molecular formula is C8H12O2. The predicted molar refractivity (Wildman–Crippen MR) is 37.6 cm³/mol. The first-order chi connectivity index (χ1) is 4.70. The third kappa shape index (κ3) is 1.66. The summed E-state index contributed by atoms with van der Waals surface area (Å²) < 4.78 is 0. The Morgan fingerprint density at radius 2 is 2.00 bits per heavy atom. The lowest BCUT2D eigenvalue weighted by molar-refractivity contribution is -0.125. The van der Waals surface area contributed by atoms with Crippen molar-refractivity contribution in [1.29, 1.82) is 0 Å². The van der Waals surface area contributed by atoms with Crippen LogP contribution in [-0.4, -0.2) is 11.6 Å². The summed E-state index contributed by atoms with van der Waals surface area (Å²) in [6.45, 7) is 1.84. The van der Waals surface area contributed by atoms with Crippen LogP contribution in [0.3, 0.4) is 0 Å². The molecule has 0 aromatic heterocycles. The second-order valence-electron chi connectivity index (χ2n) is 2.96. The van der Waals surface area contributed by atoms with Gasteiger partial charge in [0.25, 0.3) is 0 Å². The number of Topliss-reactive ketones (excluding diaryl/α,β-unsaturated/α-hetero) is 2. The molecule has 1 rings (SSSR count). The summed E-state index contributed by atoms with van der Waals surface area (Å²) in [7, 11) is 0. The highest BCUT2D eigenvalue weighted by molar-refractivity contribution is 5.89. The van der Waals surface area contributed by atoms with E-state index in [1.807, 2.05) is 6.92 Å². The van der Waals surface area contributed by atoms with Gasteiger partial charge in [0.2, 0.25) is 0 Å². The average molecular weight is 140 g/mol. The molecule has 56 valence electrons. The first kappa shape index (κ1) is 7.45. The van der Waals surface area contributed by atoms with Gasteiger partial charge in [0.1, 0.15) is 11.6 Å². The van der Waals surface area contributed by atoms with Crippen molar-refractivity contribution in [1.82, 2.24) is 0 Å². The van der Waals surface area contributed by atoms with E-state index in [9.17, 15) is 9.59 Å². The first-order valence-corrected chi connectivity index (χ1v) is 3.74.